The number of nitrogens with zero attached hydrogens (tertiary/aromatic N) is 1. The predicted octanol–water partition coefficient (Wildman–Crippen LogP) is 2.00. The van der Waals surface area contributed by atoms with Gasteiger partial charge in [0.2, 0.25) is 0 Å². The van der Waals surface area contributed by atoms with E-state index in [2.05, 4.69) is 11.1 Å². The number of rotatable bonds is 9. The highest BCUT2D eigenvalue weighted by Crippen LogP contribution is 2.28. The molecule has 114 valence electrons. The summed E-state index contributed by atoms with van der Waals surface area (Å²) in [5, 5.41) is 0. The Morgan fingerprint density at radius 1 is 1.05 bits per heavy atom. The molecule has 0 aromatic carbocycles. The van der Waals surface area contributed by atoms with Gasteiger partial charge in [-0.15, -0.1) is 0 Å². The molecule has 1 heterocycles. The van der Waals surface area contributed by atoms with Crippen molar-refractivity contribution >= 4 is 17.3 Å². The average molecular weight is 308 g/mol. The summed E-state index contributed by atoms with van der Waals surface area (Å²) in [6.07, 6.45) is 1.96. The summed E-state index contributed by atoms with van der Waals surface area (Å²) in [4.78, 5) is 0. The maximum atomic E-state index is 5.93. The SMILES string of the molecule is CCO[Si](CN1CCC[Si]1(C)OC)(OCC)OCC. The van der Waals surface area contributed by atoms with Crippen LogP contribution in [0.1, 0.15) is 27.2 Å². The van der Waals surface area contributed by atoms with Crippen LogP contribution in [0.5, 0.6) is 0 Å². The van der Waals surface area contributed by atoms with Crippen LogP contribution in [0.2, 0.25) is 12.6 Å². The summed E-state index contributed by atoms with van der Waals surface area (Å²) in [5.41, 5.74) is 0. The molecule has 1 aliphatic heterocycles. The first-order chi connectivity index (χ1) is 9.05. The third kappa shape index (κ3) is 4.35. The van der Waals surface area contributed by atoms with Gasteiger partial charge >= 0.3 is 8.80 Å². The predicted molar refractivity (Wildman–Crippen MR) is 80.3 cm³/mol. The standard InChI is InChI=1S/C12H29NO4Si2/c1-6-15-19(16-7-2,17-8-3)12-13-10-9-11-18(13,5)14-4/h6-12H2,1-5H3. The van der Waals surface area contributed by atoms with Gasteiger partial charge in [-0.05, 0) is 46.3 Å². The van der Waals surface area contributed by atoms with Crippen molar-refractivity contribution in [1.82, 2.24) is 4.57 Å². The van der Waals surface area contributed by atoms with E-state index in [4.69, 9.17) is 17.7 Å². The fourth-order valence-corrected chi connectivity index (χ4v) is 9.24. The highest BCUT2D eigenvalue weighted by atomic mass is 28.4. The van der Waals surface area contributed by atoms with Gasteiger partial charge in [-0.25, -0.2) is 0 Å². The zero-order valence-electron chi connectivity index (χ0n) is 13.0. The van der Waals surface area contributed by atoms with E-state index in [0.717, 1.165) is 12.7 Å². The third-order valence-corrected chi connectivity index (χ3v) is 10.8. The highest BCUT2D eigenvalue weighted by Gasteiger charge is 2.49. The minimum atomic E-state index is -2.58. The lowest BCUT2D eigenvalue weighted by Gasteiger charge is -2.37. The van der Waals surface area contributed by atoms with Crippen LogP contribution in [0.4, 0.5) is 0 Å². The summed E-state index contributed by atoms with van der Waals surface area (Å²) in [7, 11) is -2.51. The van der Waals surface area contributed by atoms with Crippen LogP contribution in [0.3, 0.4) is 0 Å². The van der Waals surface area contributed by atoms with Crippen molar-refractivity contribution in [3.8, 4) is 0 Å². The smallest absolute Gasteiger partial charge is 0.406 e. The van der Waals surface area contributed by atoms with E-state index < -0.39 is 17.3 Å². The molecule has 0 amide bonds. The Hall–Kier alpha value is 0.234. The first-order valence-electron chi connectivity index (χ1n) is 7.28. The van der Waals surface area contributed by atoms with E-state index in [1.807, 2.05) is 27.9 Å². The highest BCUT2D eigenvalue weighted by molar-refractivity contribution is 6.72. The maximum absolute atomic E-state index is 5.93. The molecule has 0 aliphatic carbocycles. The first-order valence-corrected chi connectivity index (χ1v) is 11.8. The summed E-state index contributed by atoms with van der Waals surface area (Å²) in [5.74, 6) is 0. The lowest BCUT2D eigenvalue weighted by atomic mass is 10.5. The molecule has 1 unspecified atom stereocenters. The topological polar surface area (TPSA) is 40.2 Å². The van der Waals surface area contributed by atoms with Gasteiger partial charge in [0, 0.05) is 26.9 Å². The van der Waals surface area contributed by atoms with E-state index in [-0.39, 0.29) is 0 Å². The molecular weight excluding hydrogens is 278 g/mol. The third-order valence-electron chi connectivity index (χ3n) is 3.65. The van der Waals surface area contributed by atoms with Crippen LogP contribution in [-0.4, -0.2) is 61.5 Å². The second-order valence-electron chi connectivity index (χ2n) is 4.89. The van der Waals surface area contributed by atoms with Crippen molar-refractivity contribution in [2.45, 2.75) is 39.8 Å². The molecule has 0 saturated carbocycles. The summed E-state index contributed by atoms with van der Waals surface area (Å²) in [6.45, 7) is 11.2. The molecule has 0 bridgehead atoms. The molecule has 0 N–H and O–H groups in total. The van der Waals surface area contributed by atoms with Gasteiger partial charge in [-0.1, -0.05) is 0 Å². The van der Waals surface area contributed by atoms with Crippen LogP contribution >= 0.6 is 0 Å². The molecule has 1 rings (SSSR count). The van der Waals surface area contributed by atoms with E-state index in [1.54, 1.807) is 0 Å². The van der Waals surface area contributed by atoms with E-state index in [9.17, 15) is 0 Å². The van der Waals surface area contributed by atoms with Gasteiger partial charge in [0.25, 0.3) is 8.48 Å². The van der Waals surface area contributed by atoms with Crippen molar-refractivity contribution in [2.75, 3.05) is 39.6 Å². The lowest BCUT2D eigenvalue weighted by Crippen LogP contribution is -2.61. The molecule has 5 nitrogen and oxygen atoms in total. The molecule has 19 heavy (non-hydrogen) atoms. The normalized spacial score (nSPS) is 25.1. The molecule has 0 radical (unpaired) electrons. The van der Waals surface area contributed by atoms with Crippen molar-refractivity contribution in [1.29, 1.82) is 0 Å². The van der Waals surface area contributed by atoms with E-state index in [1.165, 1.54) is 12.5 Å². The van der Waals surface area contributed by atoms with Gasteiger partial charge < -0.3 is 17.7 Å². The molecule has 1 fully saturated rings. The largest absolute Gasteiger partial charge is 0.515 e. The van der Waals surface area contributed by atoms with Crippen LogP contribution < -0.4 is 0 Å². The van der Waals surface area contributed by atoms with Crippen LogP contribution in [0, 0.1) is 0 Å². The summed E-state index contributed by atoms with van der Waals surface area (Å²) >= 11 is 0. The van der Waals surface area contributed by atoms with Crippen molar-refractivity contribution in [2.24, 2.45) is 0 Å². The van der Waals surface area contributed by atoms with Gasteiger partial charge in [0.05, 0.1) is 6.17 Å². The quantitative estimate of drug-likeness (QED) is 0.609. The van der Waals surface area contributed by atoms with Crippen LogP contribution in [0.25, 0.3) is 0 Å². The van der Waals surface area contributed by atoms with E-state index >= 15 is 0 Å². The Labute approximate surface area is 119 Å². The fraction of sp³-hybridized carbons (Fsp3) is 1.00. The molecule has 0 aromatic heterocycles. The fourth-order valence-electron chi connectivity index (χ4n) is 2.63. The minimum absolute atomic E-state index is 0.630. The second kappa shape index (κ2) is 7.87. The molecule has 1 saturated heterocycles. The van der Waals surface area contributed by atoms with Gasteiger partial charge in [0.1, 0.15) is 0 Å². The molecule has 0 spiro atoms. The van der Waals surface area contributed by atoms with Crippen molar-refractivity contribution < 1.29 is 17.7 Å². The van der Waals surface area contributed by atoms with Gasteiger partial charge in [-0.3, -0.25) is 4.57 Å². The zero-order valence-corrected chi connectivity index (χ0v) is 15.0. The Bertz CT molecular complexity index is 253. The second-order valence-corrected chi connectivity index (χ2v) is 11.3. The number of hydrogen-bond acceptors (Lipinski definition) is 5. The van der Waals surface area contributed by atoms with Crippen LogP contribution in [0.15, 0.2) is 0 Å². The molecule has 0 aromatic rings. The van der Waals surface area contributed by atoms with Crippen LogP contribution in [-0.2, 0) is 17.7 Å². The van der Waals surface area contributed by atoms with Crippen molar-refractivity contribution in [3.63, 3.8) is 0 Å². The number of hydrogen-bond donors (Lipinski definition) is 0. The Balaban J connectivity index is 2.80. The molecule has 1 aliphatic rings. The Kier molecular flexibility index (Phi) is 7.16. The zero-order chi connectivity index (χ0) is 14.4. The first kappa shape index (κ1) is 17.3. The summed E-state index contributed by atoms with van der Waals surface area (Å²) in [6, 6.07) is 1.18. The summed E-state index contributed by atoms with van der Waals surface area (Å²) < 4.78 is 26.0. The monoisotopic (exact) mass is 307 g/mol. The van der Waals surface area contributed by atoms with Crippen molar-refractivity contribution in [3.05, 3.63) is 0 Å². The maximum Gasteiger partial charge on any atom is 0.515 e. The molecule has 1 atom stereocenters. The Morgan fingerprint density at radius 2 is 1.58 bits per heavy atom. The van der Waals surface area contributed by atoms with Gasteiger partial charge in [-0.2, -0.15) is 0 Å². The minimum Gasteiger partial charge on any atom is -0.406 e. The van der Waals surface area contributed by atoms with Gasteiger partial charge in [0.15, 0.2) is 0 Å². The average Bonchev–Trinajstić information content (AvgIpc) is 2.72. The molecule has 7 heteroatoms. The van der Waals surface area contributed by atoms with E-state index in [0.29, 0.717) is 19.8 Å². The molecular formula is C12H29NO4Si2. The lowest BCUT2D eigenvalue weighted by molar-refractivity contribution is 0.0627. The Morgan fingerprint density at radius 3 is 2.00 bits per heavy atom.